The Bertz CT molecular complexity index is 853. The lowest BCUT2D eigenvalue weighted by molar-refractivity contribution is 0.399. The van der Waals surface area contributed by atoms with Crippen LogP contribution >= 0.6 is 23.8 Å². The average molecular weight is 306 g/mol. The fourth-order valence-corrected chi connectivity index (χ4v) is 2.59. The molecule has 2 aromatic heterocycles. The molecule has 0 fully saturated rings. The van der Waals surface area contributed by atoms with Gasteiger partial charge in [-0.15, -0.1) is 0 Å². The van der Waals surface area contributed by atoms with E-state index in [1.165, 1.54) is 0 Å². The lowest BCUT2D eigenvalue weighted by Gasteiger charge is -2.08. The van der Waals surface area contributed by atoms with Crippen molar-refractivity contribution in [1.29, 1.82) is 0 Å². The number of hydrogen-bond donors (Lipinski definition) is 1. The van der Waals surface area contributed by atoms with Crippen LogP contribution in [0.4, 0.5) is 0 Å². The van der Waals surface area contributed by atoms with E-state index >= 15 is 0 Å². The second-order valence-electron chi connectivity index (χ2n) is 4.45. The lowest BCUT2D eigenvalue weighted by Crippen LogP contribution is -1.98. The van der Waals surface area contributed by atoms with Crippen molar-refractivity contribution in [1.82, 2.24) is 14.5 Å². The molecule has 0 atom stereocenters. The van der Waals surface area contributed by atoms with Crippen molar-refractivity contribution in [3.05, 3.63) is 45.7 Å². The average Bonchev–Trinajstić information content (AvgIpc) is 2.76. The topological polar surface area (TPSA) is 42.8 Å². The highest BCUT2D eigenvalue weighted by molar-refractivity contribution is 7.71. The van der Waals surface area contributed by atoms with Gasteiger partial charge in [0.05, 0.1) is 23.3 Å². The Morgan fingerprint density at radius 2 is 2.10 bits per heavy atom. The van der Waals surface area contributed by atoms with Crippen LogP contribution in [0.25, 0.3) is 16.9 Å². The third-order valence-electron chi connectivity index (χ3n) is 3.06. The molecule has 0 saturated heterocycles. The minimum absolute atomic E-state index is 0.532. The molecule has 3 rings (SSSR count). The Hall–Kier alpha value is -1.85. The zero-order chi connectivity index (χ0) is 14.3. The number of hydrogen-bond acceptors (Lipinski definition) is 3. The van der Waals surface area contributed by atoms with Gasteiger partial charge >= 0.3 is 0 Å². The zero-order valence-corrected chi connectivity index (χ0v) is 12.5. The third-order valence-corrected chi connectivity index (χ3v) is 3.66. The number of ether oxygens (including phenoxy) is 1. The summed E-state index contributed by atoms with van der Waals surface area (Å²) in [4.78, 5) is 7.57. The van der Waals surface area contributed by atoms with E-state index in [1.807, 2.05) is 35.8 Å². The summed E-state index contributed by atoms with van der Waals surface area (Å²) in [6.07, 6.45) is 0. The molecule has 0 aliphatic heterocycles. The van der Waals surface area contributed by atoms with Gasteiger partial charge < -0.3 is 9.72 Å². The van der Waals surface area contributed by atoms with Crippen LogP contribution in [0.5, 0.6) is 5.88 Å². The second kappa shape index (κ2) is 4.92. The van der Waals surface area contributed by atoms with Gasteiger partial charge in [-0.1, -0.05) is 17.7 Å². The highest BCUT2D eigenvalue weighted by Crippen LogP contribution is 2.26. The van der Waals surface area contributed by atoms with E-state index in [9.17, 15) is 0 Å². The summed E-state index contributed by atoms with van der Waals surface area (Å²) >= 11 is 11.7. The highest BCUT2D eigenvalue weighted by atomic mass is 35.5. The number of halogens is 1. The molecule has 4 nitrogen and oxygen atoms in total. The first kappa shape index (κ1) is 13.1. The number of imidazole rings is 1. The van der Waals surface area contributed by atoms with Crippen molar-refractivity contribution in [3.8, 4) is 11.6 Å². The smallest absolute Gasteiger partial charge is 0.215 e. The monoisotopic (exact) mass is 305 g/mol. The quantitative estimate of drug-likeness (QED) is 0.726. The Morgan fingerprint density at radius 1 is 1.30 bits per heavy atom. The van der Waals surface area contributed by atoms with Gasteiger partial charge in [0, 0.05) is 6.07 Å². The van der Waals surface area contributed by atoms with E-state index in [0.717, 1.165) is 16.8 Å². The van der Waals surface area contributed by atoms with Crippen LogP contribution in [0.3, 0.4) is 0 Å². The van der Waals surface area contributed by atoms with Crippen molar-refractivity contribution in [2.45, 2.75) is 6.92 Å². The number of aromatic nitrogens is 3. The predicted molar refractivity (Wildman–Crippen MR) is 82.6 cm³/mol. The van der Waals surface area contributed by atoms with Crippen molar-refractivity contribution in [3.63, 3.8) is 0 Å². The number of methoxy groups -OCH3 is 1. The number of H-pyrrole nitrogens is 1. The Kier molecular flexibility index (Phi) is 3.23. The van der Waals surface area contributed by atoms with E-state index in [1.54, 1.807) is 13.2 Å². The third kappa shape index (κ3) is 2.09. The summed E-state index contributed by atoms with van der Waals surface area (Å²) in [5.41, 5.74) is 3.45. The number of aromatic amines is 1. The second-order valence-corrected chi connectivity index (χ2v) is 5.24. The molecule has 0 saturated carbocycles. The van der Waals surface area contributed by atoms with Crippen LogP contribution < -0.4 is 4.74 Å². The fraction of sp³-hybridized carbons (Fsp3) is 0.143. The lowest BCUT2D eigenvalue weighted by atomic mass is 10.2. The number of fused-ring (bicyclic) bond motifs is 1. The molecule has 0 bridgehead atoms. The van der Waals surface area contributed by atoms with E-state index in [-0.39, 0.29) is 0 Å². The molecule has 1 N–H and O–H groups in total. The van der Waals surface area contributed by atoms with E-state index in [0.29, 0.717) is 21.3 Å². The van der Waals surface area contributed by atoms with E-state index in [2.05, 4.69) is 9.97 Å². The van der Waals surface area contributed by atoms with E-state index in [4.69, 9.17) is 28.6 Å². The molecule has 0 aliphatic rings. The molecular weight excluding hydrogens is 294 g/mol. The number of nitrogens with one attached hydrogen (secondary N) is 1. The molecule has 0 radical (unpaired) electrons. The van der Waals surface area contributed by atoms with Crippen LogP contribution in [0.15, 0.2) is 30.3 Å². The number of benzene rings is 1. The van der Waals surface area contributed by atoms with Gasteiger partial charge in [-0.25, -0.2) is 0 Å². The van der Waals surface area contributed by atoms with Gasteiger partial charge in [-0.3, -0.25) is 4.57 Å². The van der Waals surface area contributed by atoms with Crippen molar-refractivity contribution in [2.24, 2.45) is 0 Å². The van der Waals surface area contributed by atoms with Gasteiger partial charge in [0.15, 0.2) is 10.4 Å². The molecular formula is C14H12ClN3OS. The minimum atomic E-state index is 0.532. The maximum absolute atomic E-state index is 6.29. The number of aryl methyl sites for hydroxylation is 1. The van der Waals surface area contributed by atoms with Crippen LogP contribution in [-0.4, -0.2) is 21.6 Å². The maximum Gasteiger partial charge on any atom is 0.215 e. The summed E-state index contributed by atoms with van der Waals surface area (Å²) in [5, 5.41) is 0.622. The van der Waals surface area contributed by atoms with Crippen molar-refractivity contribution < 1.29 is 4.74 Å². The van der Waals surface area contributed by atoms with Gasteiger partial charge in [0.1, 0.15) is 0 Å². The van der Waals surface area contributed by atoms with Crippen molar-refractivity contribution in [2.75, 3.05) is 7.11 Å². The Labute approximate surface area is 126 Å². The Balaban J connectivity index is 2.37. The molecule has 0 aliphatic carbocycles. The first-order valence-corrected chi connectivity index (χ1v) is 6.81. The summed E-state index contributed by atoms with van der Waals surface area (Å²) in [6.45, 7) is 2.01. The molecule has 3 aromatic rings. The molecule has 1 aromatic carbocycles. The van der Waals surface area contributed by atoms with E-state index < -0.39 is 0 Å². The van der Waals surface area contributed by atoms with Gasteiger partial charge in [0.25, 0.3) is 0 Å². The molecule has 102 valence electrons. The highest BCUT2D eigenvalue weighted by Gasteiger charge is 2.12. The SMILES string of the molecule is COc1ccc2[nH]c(=S)n(-c3cc(C)ccc3Cl)c2n1. The Morgan fingerprint density at radius 3 is 2.85 bits per heavy atom. The minimum Gasteiger partial charge on any atom is -0.481 e. The van der Waals surface area contributed by atoms with Crippen LogP contribution in [0, 0.1) is 11.7 Å². The van der Waals surface area contributed by atoms with Gasteiger partial charge in [-0.2, -0.15) is 4.98 Å². The summed E-state index contributed by atoms with van der Waals surface area (Å²) in [7, 11) is 1.58. The molecule has 0 amide bonds. The number of pyridine rings is 1. The summed E-state index contributed by atoms with van der Waals surface area (Å²) in [6, 6.07) is 9.46. The van der Waals surface area contributed by atoms with Crippen LogP contribution in [0.2, 0.25) is 5.02 Å². The summed E-state index contributed by atoms with van der Waals surface area (Å²) in [5.74, 6) is 0.532. The van der Waals surface area contributed by atoms with Crippen molar-refractivity contribution >= 4 is 35.0 Å². The van der Waals surface area contributed by atoms with Crippen LogP contribution in [0.1, 0.15) is 5.56 Å². The predicted octanol–water partition coefficient (Wildman–Crippen LogP) is 4.05. The first-order chi connectivity index (χ1) is 9.60. The number of rotatable bonds is 2. The van der Waals surface area contributed by atoms with Gasteiger partial charge in [-0.05, 0) is 42.9 Å². The van der Waals surface area contributed by atoms with Gasteiger partial charge in [0.2, 0.25) is 5.88 Å². The molecule has 0 unspecified atom stereocenters. The van der Waals surface area contributed by atoms with Crippen LogP contribution in [-0.2, 0) is 0 Å². The maximum atomic E-state index is 6.29. The fourth-order valence-electron chi connectivity index (χ4n) is 2.10. The first-order valence-electron chi connectivity index (χ1n) is 6.02. The molecule has 6 heteroatoms. The molecule has 2 heterocycles. The summed E-state index contributed by atoms with van der Waals surface area (Å²) < 4.78 is 7.54. The standard InChI is InChI=1S/C14H12ClN3OS/c1-8-3-4-9(15)11(7-8)18-13-10(16-14(18)20)5-6-12(17-13)19-2/h3-7H,1-2H3,(H,16,20). The number of nitrogens with zero attached hydrogens (tertiary/aromatic N) is 2. The normalized spacial score (nSPS) is 10.9. The largest absolute Gasteiger partial charge is 0.481 e. The zero-order valence-electron chi connectivity index (χ0n) is 11.0. The molecule has 0 spiro atoms. The molecule has 20 heavy (non-hydrogen) atoms.